The summed E-state index contributed by atoms with van der Waals surface area (Å²) in [6, 6.07) is 12.7. The summed E-state index contributed by atoms with van der Waals surface area (Å²) in [6.07, 6.45) is 1.08. The Labute approximate surface area is 230 Å². The average Bonchev–Trinajstić information content (AvgIpc) is 2.90. The lowest BCUT2D eigenvalue weighted by molar-refractivity contribution is -0.542. The van der Waals surface area contributed by atoms with Gasteiger partial charge in [0.15, 0.2) is 0 Å². The van der Waals surface area contributed by atoms with Crippen molar-refractivity contribution in [2.75, 3.05) is 14.2 Å². The van der Waals surface area contributed by atoms with Gasteiger partial charge in [-0.25, -0.2) is 0 Å². The first kappa shape index (κ1) is 29.0. The van der Waals surface area contributed by atoms with E-state index < -0.39 is 36.0 Å². The smallest absolute Gasteiger partial charge is 0.230 e. The van der Waals surface area contributed by atoms with E-state index in [1.165, 1.54) is 0 Å². The van der Waals surface area contributed by atoms with Crippen LogP contribution in [0.1, 0.15) is 69.9 Å². The largest absolute Gasteiger partial charge is 0.497 e. The van der Waals surface area contributed by atoms with Gasteiger partial charge >= 0.3 is 0 Å². The van der Waals surface area contributed by atoms with Crippen molar-refractivity contribution in [3.8, 4) is 11.5 Å². The number of hydrogen-bond donors (Lipinski definition) is 1. The van der Waals surface area contributed by atoms with Gasteiger partial charge in [-0.1, -0.05) is 24.3 Å². The molecule has 0 radical (unpaired) electrons. The summed E-state index contributed by atoms with van der Waals surface area (Å²) >= 11 is 0. The fourth-order valence-electron chi connectivity index (χ4n) is 6.69. The maximum absolute atomic E-state index is 12.9. The molecule has 4 rings (SSSR count). The number of aliphatic hydroxyl groups excluding tert-OH is 1. The van der Waals surface area contributed by atoms with Crippen molar-refractivity contribution in [2.45, 2.75) is 88.1 Å². The molecule has 2 fully saturated rings. The highest BCUT2D eigenvalue weighted by Crippen LogP contribution is 2.49. The van der Waals surface area contributed by atoms with E-state index in [0.717, 1.165) is 19.3 Å². The molecule has 2 aliphatic rings. The summed E-state index contributed by atoms with van der Waals surface area (Å²) in [6.45, 7) is 8.31. The van der Waals surface area contributed by atoms with Gasteiger partial charge in [-0.05, 0) is 82.3 Å². The van der Waals surface area contributed by atoms with Gasteiger partial charge in [-0.15, -0.1) is 0 Å². The Morgan fingerprint density at radius 3 is 1.77 bits per heavy atom. The van der Waals surface area contributed by atoms with Gasteiger partial charge in [0.1, 0.15) is 23.9 Å². The highest BCUT2D eigenvalue weighted by Gasteiger charge is 2.59. The van der Waals surface area contributed by atoms with E-state index in [0.29, 0.717) is 28.9 Å². The van der Waals surface area contributed by atoms with Crippen LogP contribution in [0.3, 0.4) is 0 Å². The zero-order chi connectivity index (χ0) is 28.5. The van der Waals surface area contributed by atoms with Gasteiger partial charge in [-0.3, -0.25) is 15.0 Å². The molecule has 9 heteroatoms. The normalized spacial score (nSPS) is 30.3. The fourth-order valence-corrected chi connectivity index (χ4v) is 6.69. The average molecular weight is 541 g/mol. The van der Waals surface area contributed by atoms with E-state index in [2.05, 4.69) is 27.7 Å². The van der Waals surface area contributed by atoms with Crippen molar-refractivity contribution in [3.63, 3.8) is 0 Å². The number of ether oxygens (including phenoxy) is 2. The molecule has 0 spiro atoms. The Morgan fingerprint density at radius 2 is 1.36 bits per heavy atom. The van der Waals surface area contributed by atoms with Crippen LogP contribution in [0.25, 0.3) is 0 Å². The van der Waals surface area contributed by atoms with Crippen LogP contribution in [-0.2, 0) is 9.63 Å². The Morgan fingerprint density at radius 1 is 0.897 bits per heavy atom. The molecular weight excluding hydrogens is 500 g/mol. The fraction of sp³-hybridized carbons (Fsp3) is 0.567. The second-order valence-electron chi connectivity index (χ2n) is 11.9. The number of carbonyl (C=O) groups is 1. The number of aliphatic hydroxyl groups is 1. The number of hydroxylamine groups is 2. The van der Waals surface area contributed by atoms with Crippen molar-refractivity contribution in [2.24, 2.45) is 5.92 Å². The molecule has 1 aliphatic carbocycles. The van der Waals surface area contributed by atoms with E-state index in [4.69, 9.17) is 14.3 Å². The van der Waals surface area contributed by atoms with Gasteiger partial charge in [0.2, 0.25) is 6.04 Å². The van der Waals surface area contributed by atoms with Crippen molar-refractivity contribution >= 4 is 6.29 Å². The molecule has 1 heterocycles. The summed E-state index contributed by atoms with van der Waals surface area (Å²) in [4.78, 5) is 31.9. The number of carbonyl (C=O) groups excluding carboxylic acids is 1. The van der Waals surface area contributed by atoms with Crippen LogP contribution >= 0.6 is 0 Å². The highest BCUT2D eigenvalue weighted by atomic mass is 16.7. The molecule has 2 aromatic carbocycles. The predicted octanol–water partition coefficient (Wildman–Crippen LogP) is 4.75. The van der Waals surface area contributed by atoms with Gasteiger partial charge in [-0.2, -0.15) is 5.06 Å². The number of aldehydes is 1. The molecule has 1 saturated heterocycles. The molecule has 212 valence electrons. The lowest BCUT2D eigenvalue weighted by Crippen LogP contribution is -2.64. The minimum Gasteiger partial charge on any atom is -0.497 e. The van der Waals surface area contributed by atoms with Crippen LogP contribution in [0.15, 0.2) is 48.5 Å². The summed E-state index contributed by atoms with van der Waals surface area (Å²) in [5.41, 5.74) is 0.473. The molecule has 0 amide bonds. The zero-order valence-electron chi connectivity index (χ0n) is 23.6. The first-order chi connectivity index (χ1) is 18.4. The molecule has 1 N–H and O–H groups in total. The maximum atomic E-state index is 12.9. The second-order valence-corrected chi connectivity index (χ2v) is 11.9. The predicted molar refractivity (Wildman–Crippen MR) is 147 cm³/mol. The third-order valence-electron chi connectivity index (χ3n) is 8.54. The second kappa shape index (κ2) is 11.2. The van der Waals surface area contributed by atoms with E-state index >= 15 is 0 Å². The molecule has 0 aromatic heterocycles. The number of rotatable bonds is 8. The van der Waals surface area contributed by atoms with Crippen LogP contribution < -0.4 is 9.47 Å². The third-order valence-corrected chi connectivity index (χ3v) is 8.54. The first-order valence-electron chi connectivity index (χ1n) is 13.5. The molecule has 0 bridgehead atoms. The SMILES string of the molecule is COc1ccc([C@@H]2[C@@H](C=O)[C@H](O)[C@@H](ON3C(C)(C)CCCC3(C)C)[C@@H](c3ccc(OC)cc3)[C@H]2[N+](=O)[O-])cc1. The molecular formula is C30H40N2O7. The standard InChI is InChI=1S/C30H40N2O7/c1-29(2)16-7-17-30(3,4)32(29)39-28-25(20-10-14-22(38-6)15-11-20)26(31(35)36)24(23(18-33)27(28)34)19-8-12-21(37-5)13-9-19/h8-15,18,23-28,34H,7,16-17H2,1-6H3/t23-,24-,25+,26+,27+,28+/m1/s1. The van der Waals surface area contributed by atoms with Gasteiger partial charge in [0.25, 0.3) is 0 Å². The molecule has 1 saturated carbocycles. The number of methoxy groups -OCH3 is 2. The number of nitro groups is 1. The number of benzene rings is 2. The third kappa shape index (κ3) is 5.53. The van der Waals surface area contributed by atoms with Crippen LogP contribution in [0, 0.1) is 16.0 Å². The Hall–Kier alpha value is -3.01. The summed E-state index contributed by atoms with van der Waals surface area (Å²) < 4.78 is 10.6. The van der Waals surface area contributed by atoms with Gasteiger partial charge in [0, 0.05) is 16.0 Å². The molecule has 9 nitrogen and oxygen atoms in total. The minimum absolute atomic E-state index is 0.324. The van der Waals surface area contributed by atoms with E-state index in [-0.39, 0.29) is 16.0 Å². The van der Waals surface area contributed by atoms with E-state index in [1.54, 1.807) is 62.8 Å². The zero-order valence-corrected chi connectivity index (χ0v) is 23.6. The van der Waals surface area contributed by atoms with E-state index in [1.807, 2.05) is 5.06 Å². The molecule has 1 aliphatic heterocycles. The topological polar surface area (TPSA) is 111 Å². The van der Waals surface area contributed by atoms with Crippen LogP contribution in [0.2, 0.25) is 0 Å². The quantitative estimate of drug-likeness (QED) is 0.290. The highest BCUT2D eigenvalue weighted by molar-refractivity contribution is 5.59. The molecule has 6 atom stereocenters. The van der Waals surface area contributed by atoms with Crippen molar-refractivity contribution in [1.82, 2.24) is 5.06 Å². The monoisotopic (exact) mass is 540 g/mol. The van der Waals surface area contributed by atoms with E-state index in [9.17, 15) is 20.0 Å². The van der Waals surface area contributed by atoms with Crippen LogP contribution in [0.4, 0.5) is 0 Å². The lowest BCUT2D eigenvalue weighted by atomic mass is 9.63. The number of hydrogen-bond acceptors (Lipinski definition) is 8. The van der Waals surface area contributed by atoms with Gasteiger partial charge in [0.05, 0.1) is 38.1 Å². The maximum Gasteiger partial charge on any atom is 0.230 e. The van der Waals surface area contributed by atoms with Crippen LogP contribution in [-0.4, -0.2) is 64.9 Å². The summed E-state index contributed by atoms with van der Waals surface area (Å²) in [7, 11) is 3.10. The Bertz CT molecular complexity index is 1130. The Kier molecular flexibility index (Phi) is 8.35. The Balaban J connectivity index is 1.87. The van der Waals surface area contributed by atoms with Crippen molar-refractivity contribution in [1.29, 1.82) is 0 Å². The number of piperidine rings is 1. The summed E-state index contributed by atoms with van der Waals surface area (Å²) in [5.74, 6) is -1.58. The molecule has 2 aromatic rings. The molecule has 39 heavy (non-hydrogen) atoms. The van der Waals surface area contributed by atoms with Crippen molar-refractivity contribution < 1.29 is 29.1 Å². The molecule has 0 unspecified atom stereocenters. The van der Waals surface area contributed by atoms with Crippen LogP contribution in [0.5, 0.6) is 11.5 Å². The summed E-state index contributed by atoms with van der Waals surface area (Å²) in [5, 5.41) is 26.6. The number of nitrogens with zero attached hydrogens (tertiary/aromatic N) is 2. The minimum atomic E-state index is -1.29. The van der Waals surface area contributed by atoms with Gasteiger partial charge < -0.3 is 19.4 Å². The van der Waals surface area contributed by atoms with Crippen molar-refractivity contribution in [3.05, 3.63) is 69.8 Å². The lowest BCUT2D eigenvalue weighted by Gasteiger charge is -2.55. The first-order valence-corrected chi connectivity index (χ1v) is 13.5.